The number of rotatable bonds is 7. The van der Waals surface area contributed by atoms with Crippen molar-refractivity contribution in [2.24, 2.45) is 11.8 Å². The largest absolute Gasteiger partial charge is 0.381 e. The quantitative estimate of drug-likeness (QED) is 0.666. The van der Waals surface area contributed by atoms with E-state index in [1.807, 2.05) is 18.7 Å². The van der Waals surface area contributed by atoms with E-state index in [0.717, 1.165) is 51.7 Å². The molecular weight excluding hydrogens is 354 g/mol. The maximum absolute atomic E-state index is 13.0. The van der Waals surface area contributed by atoms with Gasteiger partial charge in [0.25, 0.3) is 0 Å². The molecule has 1 atom stereocenters. The lowest BCUT2D eigenvalue weighted by molar-refractivity contribution is -0.145. The Bertz CT molecular complexity index is 513. The molecule has 28 heavy (non-hydrogen) atoms. The highest BCUT2D eigenvalue weighted by molar-refractivity contribution is 5.80. The van der Waals surface area contributed by atoms with Crippen molar-refractivity contribution in [3.05, 3.63) is 0 Å². The number of hydrogen-bond acceptors (Lipinski definition) is 4. The van der Waals surface area contributed by atoms with Gasteiger partial charge in [0.05, 0.1) is 0 Å². The fraction of sp³-hybridized carbons (Fsp3) is 0.909. The van der Waals surface area contributed by atoms with E-state index in [1.165, 1.54) is 25.9 Å². The lowest BCUT2D eigenvalue weighted by Gasteiger charge is -2.41. The highest BCUT2D eigenvalue weighted by Crippen LogP contribution is 2.23. The van der Waals surface area contributed by atoms with Gasteiger partial charge in [-0.1, -0.05) is 13.8 Å². The van der Waals surface area contributed by atoms with Gasteiger partial charge in [-0.25, -0.2) is 0 Å². The van der Waals surface area contributed by atoms with Crippen LogP contribution in [0.3, 0.4) is 0 Å². The van der Waals surface area contributed by atoms with Crippen molar-refractivity contribution in [1.29, 1.82) is 0 Å². The Kier molecular flexibility index (Phi) is 8.15. The van der Waals surface area contributed by atoms with E-state index in [0.29, 0.717) is 19.8 Å². The van der Waals surface area contributed by atoms with Crippen molar-refractivity contribution in [3.8, 4) is 0 Å². The first-order valence-electron chi connectivity index (χ1n) is 11.5. The van der Waals surface area contributed by atoms with Crippen molar-refractivity contribution >= 4 is 11.8 Å². The van der Waals surface area contributed by atoms with E-state index in [2.05, 4.69) is 9.80 Å². The summed E-state index contributed by atoms with van der Waals surface area (Å²) < 4.78 is 5.41. The Morgan fingerprint density at radius 3 is 2.43 bits per heavy atom. The molecule has 0 bridgehead atoms. The minimum absolute atomic E-state index is 0.00774. The highest BCUT2D eigenvalue weighted by Gasteiger charge is 2.34. The Morgan fingerprint density at radius 1 is 1.04 bits per heavy atom. The molecule has 0 aromatic heterocycles. The molecule has 0 aromatic rings. The van der Waals surface area contributed by atoms with Crippen molar-refractivity contribution in [2.45, 2.75) is 64.8 Å². The summed E-state index contributed by atoms with van der Waals surface area (Å²) in [7, 11) is 0. The molecule has 0 radical (unpaired) electrons. The SMILES string of the molecule is CC(C)C(=O)N(CCCN1CCCC1)C1CCCN(C(=O)C2CCOCC2)C1. The Morgan fingerprint density at radius 2 is 1.75 bits per heavy atom. The van der Waals surface area contributed by atoms with Gasteiger partial charge in [-0.15, -0.1) is 0 Å². The van der Waals surface area contributed by atoms with Crippen molar-refractivity contribution in [3.63, 3.8) is 0 Å². The fourth-order valence-corrected chi connectivity index (χ4v) is 4.89. The summed E-state index contributed by atoms with van der Waals surface area (Å²) in [6.07, 6.45) is 7.33. The van der Waals surface area contributed by atoms with Crippen LogP contribution in [-0.2, 0) is 14.3 Å². The molecule has 3 heterocycles. The average Bonchev–Trinajstić information content (AvgIpc) is 3.24. The van der Waals surface area contributed by atoms with Gasteiger partial charge in [0.2, 0.25) is 11.8 Å². The highest BCUT2D eigenvalue weighted by atomic mass is 16.5. The van der Waals surface area contributed by atoms with Gasteiger partial charge in [0, 0.05) is 50.7 Å². The maximum Gasteiger partial charge on any atom is 0.225 e. The molecule has 3 fully saturated rings. The molecule has 0 spiro atoms. The fourth-order valence-electron chi connectivity index (χ4n) is 4.89. The summed E-state index contributed by atoms with van der Waals surface area (Å²) >= 11 is 0. The van der Waals surface area contributed by atoms with Gasteiger partial charge < -0.3 is 19.4 Å². The molecule has 0 aliphatic carbocycles. The molecular formula is C22H39N3O3. The number of carbonyl (C=O) groups excluding carboxylic acids is 2. The third-order valence-electron chi connectivity index (χ3n) is 6.57. The Balaban J connectivity index is 1.57. The molecule has 0 saturated carbocycles. The van der Waals surface area contributed by atoms with E-state index in [1.54, 1.807) is 0 Å². The summed E-state index contributed by atoms with van der Waals surface area (Å²) in [5, 5.41) is 0. The van der Waals surface area contributed by atoms with Crippen molar-refractivity contribution in [1.82, 2.24) is 14.7 Å². The summed E-state index contributed by atoms with van der Waals surface area (Å²) in [5.74, 6) is 0.638. The molecule has 0 N–H and O–H groups in total. The second kappa shape index (κ2) is 10.6. The molecule has 3 aliphatic heterocycles. The third kappa shape index (κ3) is 5.69. The monoisotopic (exact) mass is 393 g/mol. The van der Waals surface area contributed by atoms with Gasteiger partial charge in [-0.05, 0) is 64.6 Å². The predicted molar refractivity (Wildman–Crippen MR) is 110 cm³/mol. The number of carbonyl (C=O) groups is 2. The zero-order valence-corrected chi connectivity index (χ0v) is 17.9. The average molecular weight is 394 g/mol. The predicted octanol–water partition coefficient (Wildman–Crippen LogP) is 2.37. The van der Waals surface area contributed by atoms with Crippen LogP contribution in [0.4, 0.5) is 0 Å². The smallest absolute Gasteiger partial charge is 0.225 e. The second-order valence-corrected chi connectivity index (χ2v) is 9.06. The summed E-state index contributed by atoms with van der Waals surface area (Å²) in [5.41, 5.74) is 0. The second-order valence-electron chi connectivity index (χ2n) is 9.06. The number of likely N-dealkylation sites (tertiary alicyclic amines) is 2. The van der Waals surface area contributed by atoms with Crippen molar-refractivity contribution < 1.29 is 14.3 Å². The van der Waals surface area contributed by atoms with Crippen LogP contribution in [0, 0.1) is 11.8 Å². The van der Waals surface area contributed by atoms with Gasteiger partial charge in [-0.2, -0.15) is 0 Å². The van der Waals surface area contributed by atoms with Crippen LogP contribution in [0.5, 0.6) is 0 Å². The molecule has 3 rings (SSSR count). The molecule has 160 valence electrons. The van der Waals surface area contributed by atoms with Crippen LogP contribution in [0.25, 0.3) is 0 Å². The number of amides is 2. The van der Waals surface area contributed by atoms with Gasteiger partial charge in [0.15, 0.2) is 0 Å². The van der Waals surface area contributed by atoms with Crippen LogP contribution in [0.1, 0.15) is 58.8 Å². The maximum atomic E-state index is 13.0. The normalized spacial score (nSPS) is 24.7. The standard InChI is InChI=1S/C22H39N3O3/c1-18(2)21(26)25(14-6-12-23-10-3-4-11-23)20-7-5-13-24(17-20)22(27)19-8-15-28-16-9-19/h18-20H,3-17H2,1-2H3. The van der Waals surface area contributed by atoms with Crippen LogP contribution in [0.15, 0.2) is 0 Å². The van der Waals surface area contributed by atoms with E-state index < -0.39 is 0 Å². The lowest BCUT2D eigenvalue weighted by Crippen LogP contribution is -2.54. The van der Waals surface area contributed by atoms with E-state index >= 15 is 0 Å². The van der Waals surface area contributed by atoms with E-state index in [9.17, 15) is 9.59 Å². The zero-order valence-electron chi connectivity index (χ0n) is 17.9. The minimum Gasteiger partial charge on any atom is -0.381 e. The number of piperidine rings is 1. The minimum atomic E-state index is 0.00774. The summed E-state index contributed by atoms with van der Waals surface area (Å²) in [4.78, 5) is 32.6. The van der Waals surface area contributed by atoms with E-state index in [-0.39, 0.29) is 29.7 Å². The van der Waals surface area contributed by atoms with Crippen LogP contribution in [-0.4, -0.2) is 85.0 Å². The van der Waals surface area contributed by atoms with Gasteiger partial charge in [0.1, 0.15) is 0 Å². The number of ether oxygens (including phenoxy) is 1. The number of hydrogen-bond donors (Lipinski definition) is 0. The van der Waals surface area contributed by atoms with E-state index in [4.69, 9.17) is 4.74 Å². The first-order chi connectivity index (χ1) is 13.6. The van der Waals surface area contributed by atoms with Crippen molar-refractivity contribution in [2.75, 3.05) is 52.5 Å². The summed E-state index contributed by atoms with van der Waals surface area (Å²) in [6.45, 7) is 11.2. The van der Waals surface area contributed by atoms with Crippen LogP contribution < -0.4 is 0 Å². The summed E-state index contributed by atoms with van der Waals surface area (Å²) in [6, 6.07) is 0.172. The topological polar surface area (TPSA) is 53.1 Å². The lowest BCUT2D eigenvalue weighted by atomic mass is 9.95. The Labute approximate surface area is 170 Å². The van der Waals surface area contributed by atoms with Gasteiger partial charge >= 0.3 is 0 Å². The molecule has 3 saturated heterocycles. The van der Waals surface area contributed by atoms with Crippen LogP contribution in [0.2, 0.25) is 0 Å². The molecule has 3 aliphatic rings. The first-order valence-corrected chi connectivity index (χ1v) is 11.5. The molecule has 2 amide bonds. The Hall–Kier alpha value is -1.14. The molecule has 6 heteroatoms. The molecule has 0 aromatic carbocycles. The first kappa shape index (κ1) is 21.6. The number of nitrogens with zero attached hydrogens (tertiary/aromatic N) is 3. The third-order valence-corrected chi connectivity index (χ3v) is 6.57. The van der Waals surface area contributed by atoms with Crippen LogP contribution >= 0.6 is 0 Å². The molecule has 1 unspecified atom stereocenters. The zero-order chi connectivity index (χ0) is 19.9. The molecule has 6 nitrogen and oxygen atoms in total. The van der Waals surface area contributed by atoms with Gasteiger partial charge in [-0.3, -0.25) is 9.59 Å².